The van der Waals surface area contributed by atoms with E-state index in [0.717, 1.165) is 32.1 Å². The zero-order chi connectivity index (χ0) is 17.8. The maximum absolute atomic E-state index is 12.0. The van der Waals surface area contributed by atoms with E-state index in [1.165, 1.54) is 12.1 Å². The highest BCUT2D eigenvalue weighted by Crippen LogP contribution is 2.33. The number of hydrogen-bond acceptors (Lipinski definition) is 5. The van der Waals surface area contributed by atoms with Crippen LogP contribution in [0.4, 0.5) is 0 Å². The van der Waals surface area contributed by atoms with Crippen molar-refractivity contribution in [3.05, 3.63) is 23.7 Å². The first-order valence-electron chi connectivity index (χ1n) is 8.70. The molecule has 0 bridgehead atoms. The van der Waals surface area contributed by atoms with Gasteiger partial charge in [0.1, 0.15) is 6.07 Å². The van der Waals surface area contributed by atoms with Gasteiger partial charge < -0.3 is 19.8 Å². The first-order chi connectivity index (χ1) is 12.1. The zero-order valence-electron chi connectivity index (χ0n) is 14.3. The summed E-state index contributed by atoms with van der Waals surface area (Å²) in [5.41, 5.74) is 0. The van der Waals surface area contributed by atoms with E-state index in [9.17, 15) is 9.59 Å². The Kier molecular flexibility index (Phi) is 5.39. The molecule has 3 rings (SSSR count). The monoisotopic (exact) mass is 345 g/mol. The summed E-state index contributed by atoms with van der Waals surface area (Å²) in [7, 11) is 1.73. The van der Waals surface area contributed by atoms with E-state index in [-0.39, 0.29) is 35.4 Å². The van der Waals surface area contributed by atoms with Gasteiger partial charge in [-0.15, -0.1) is 0 Å². The Morgan fingerprint density at radius 2 is 1.96 bits per heavy atom. The minimum Gasteiger partial charge on any atom is -0.440 e. The highest BCUT2D eigenvalue weighted by atomic mass is 16.5. The Morgan fingerprint density at radius 1 is 1.24 bits per heavy atom. The van der Waals surface area contributed by atoms with Gasteiger partial charge in [0.25, 0.3) is 5.91 Å². The number of hydrogen-bond donors (Lipinski definition) is 2. The Bertz CT molecular complexity index is 666. The molecular weight excluding hydrogens is 322 g/mol. The van der Waals surface area contributed by atoms with Crippen molar-refractivity contribution in [1.29, 1.82) is 5.26 Å². The highest BCUT2D eigenvalue weighted by molar-refractivity contribution is 5.91. The lowest BCUT2D eigenvalue weighted by molar-refractivity contribution is -0.123. The molecule has 1 aromatic heterocycles. The maximum atomic E-state index is 12.0. The molecule has 2 fully saturated rings. The topological polar surface area (TPSA) is 104 Å². The van der Waals surface area contributed by atoms with Crippen LogP contribution < -0.4 is 10.6 Å². The van der Waals surface area contributed by atoms with Crippen molar-refractivity contribution in [3.63, 3.8) is 0 Å². The van der Waals surface area contributed by atoms with Crippen molar-refractivity contribution >= 4 is 11.8 Å². The number of rotatable bonds is 7. The largest absolute Gasteiger partial charge is 0.440 e. The van der Waals surface area contributed by atoms with Crippen molar-refractivity contribution in [3.8, 4) is 6.07 Å². The Balaban J connectivity index is 1.29. The Hall–Kier alpha value is -2.33. The van der Waals surface area contributed by atoms with Gasteiger partial charge >= 0.3 is 0 Å². The lowest BCUT2D eigenvalue weighted by Gasteiger charge is -2.37. The summed E-state index contributed by atoms with van der Waals surface area (Å²) >= 11 is 0. The van der Waals surface area contributed by atoms with Crippen LogP contribution in [0.2, 0.25) is 0 Å². The molecule has 0 atom stereocenters. The van der Waals surface area contributed by atoms with Gasteiger partial charge in [0.2, 0.25) is 11.7 Å². The third-order valence-corrected chi connectivity index (χ3v) is 5.08. The molecule has 7 heteroatoms. The van der Waals surface area contributed by atoms with Crippen molar-refractivity contribution in [2.24, 2.45) is 5.92 Å². The molecule has 2 aliphatic carbocycles. The van der Waals surface area contributed by atoms with Gasteiger partial charge in [-0.1, -0.05) is 0 Å². The molecule has 0 aliphatic heterocycles. The molecule has 2 amide bonds. The highest BCUT2D eigenvalue weighted by Gasteiger charge is 2.33. The maximum Gasteiger partial charge on any atom is 0.287 e. The van der Waals surface area contributed by atoms with E-state index in [2.05, 4.69) is 10.6 Å². The van der Waals surface area contributed by atoms with Crippen molar-refractivity contribution in [2.75, 3.05) is 7.11 Å². The minimum atomic E-state index is -0.325. The molecule has 0 spiro atoms. The number of carbonyl (C=O) groups excluding carboxylic acids is 2. The summed E-state index contributed by atoms with van der Waals surface area (Å²) in [6.07, 6.45) is 5.40. The van der Waals surface area contributed by atoms with Crippen LogP contribution in [0, 0.1) is 17.2 Å². The fourth-order valence-electron chi connectivity index (χ4n) is 3.37. The lowest BCUT2D eigenvalue weighted by Crippen LogP contribution is -2.53. The molecule has 134 valence electrons. The number of ether oxygens (including phenoxy) is 1. The van der Waals surface area contributed by atoms with Gasteiger partial charge in [0.05, 0.1) is 6.10 Å². The van der Waals surface area contributed by atoms with Crippen LogP contribution in [0.3, 0.4) is 0 Å². The van der Waals surface area contributed by atoms with Crippen LogP contribution in [0.5, 0.6) is 0 Å². The van der Waals surface area contributed by atoms with E-state index in [1.54, 1.807) is 7.11 Å². The van der Waals surface area contributed by atoms with Gasteiger partial charge in [0.15, 0.2) is 5.76 Å². The number of nitrogens with one attached hydrogen (secondary N) is 2. The number of furan rings is 1. The standard InChI is InChI=1S/C18H23N3O4/c1-24-15-6-11(7-15)2-5-17(22)20-12-8-13(9-12)21-18(23)16-4-3-14(10-19)25-16/h3-4,11-13,15H,2,5-9H2,1H3,(H,20,22)(H,21,23). The van der Waals surface area contributed by atoms with Gasteiger partial charge in [-0.05, 0) is 50.2 Å². The number of amides is 2. The number of methoxy groups -OCH3 is 1. The summed E-state index contributed by atoms with van der Waals surface area (Å²) in [6, 6.07) is 4.95. The van der Waals surface area contributed by atoms with E-state index in [4.69, 9.17) is 14.4 Å². The Morgan fingerprint density at radius 3 is 2.60 bits per heavy atom. The molecule has 0 aromatic carbocycles. The fourth-order valence-corrected chi connectivity index (χ4v) is 3.37. The summed E-state index contributed by atoms with van der Waals surface area (Å²) in [4.78, 5) is 23.9. The number of nitriles is 1. The summed E-state index contributed by atoms with van der Waals surface area (Å²) < 4.78 is 10.3. The zero-order valence-corrected chi connectivity index (χ0v) is 14.3. The molecule has 25 heavy (non-hydrogen) atoms. The first kappa shape index (κ1) is 17.5. The van der Waals surface area contributed by atoms with Crippen molar-refractivity contribution in [2.45, 2.75) is 56.7 Å². The minimum absolute atomic E-state index is 0.0301. The van der Waals surface area contributed by atoms with E-state index in [1.807, 2.05) is 6.07 Å². The molecule has 2 N–H and O–H groups in total. The van der Waals surface area contributed by atoms with Crippen LogP contribution in [-0.2, 0) is 9.53 Å². The lowest BCUT2D eigenvalue weighted by atomic mass is 9.79. The average Bonchev–Trinajstić information content (AvgIpc) is 3.00. The summed E-state index contributed by atoms with van der Waals surface area (Å²) in [5.74, 6) is 0.621. The molecule has 1 aromatic rings. The first-order valence-corrected chi connectivity index (χ1v) is 8.70. The SMILES string of the molecule is COC1CC(CCC(=O)NC2CC(NC(=O)c3ccc(C#N)o3)C2)C1. The smallest absolute Gasteiger partial charge is 0.287 e. The predicted octanol–water partition coefficient (Wildman–Crippen LogP) is 1.73. The number of carbonyl (C=O) groups is 2. The van der Waals surface area contributed by atoms with Gasteiger partial charge in [0, 0.05) is 25.6 Å². The van der Waals surface area contributed by atoms with Crippen LogP contribution in [-0.4, -0.2) is 37.1 Å². The molecule has 2 aliphatic rings. The molecule has 0 unspecified atom stereocenters. The molecular formula is C18H23N3O4. The van der Waals surface area contributed by atoms with Gasteiger partial charge in [-0.2, -0.15) is 5.26 Å². The van der Waals surface area contributed by atoms with E-state index < -0.39 is 0 Å². The van der Waals surface area contributed by atoms with Crippen LogP contribution >= 0.6 is 0 Å². The quantitative estimate of drug-likeness (QED) is 0.783. The average molecular weight is 345 g/mol. The second-order valence-electron chi connectivity index (χ2n) is 6.92. The van der Waals surface area contributed by atoms with Crippen LogP contribution in [0.25, 0.3) is 0 Å². The molecule has 7 nitrogen and oxygen atoms in total. The van der Waals surface area contributed by atoms with Crippen molar-refractivity contribution in [1.82, 2.24) is 10.6 Å². The fraction of sp³-hybridized carbons (Fsp3) is 0.611. The third-order valence-electron chi connectivity index (χ3n) is 5.08. The molecule has 1 heterocycles. The molecule has 2 saturated carbocycles. The summed E-state index contributed by atoms with van der Waals surface area (Å²) in [5, 5.41) is 14.6. The molecule has 0 radical (unpaired) electrons. The summed E-state index contributed by atoms with van der Waals surface area (Å²) in [6.45, 7) is 0. The van der Waals surface area contributed by atoms with Crippen LogP contribution in [0.15, 0.2) is 16.5 Å². The second kappa shape index (κ2) is 7.70. The predicted molar refractivity (Wildman–Crippen MR) is 88.6 cm³/mol. The van der Waals surface area contributed by atoms with Gasteiger partial charge in [-0.25, -0.2) is 0 Å². The normalized spacial score (nSPS) is 27.5. The number of nitrogens with zero attached hydrogens (tertiary/aromatic N) is 1. The van der Waals surface area contributed by atoms with Crippen molar-refractivity contribution < 1.29 is 18.7 Å². The van der Waals surface area contributed by atoms with Gasteiger partial charge in [-0.3, -0.25) is 9.59 Å². The Labute approximate surface area is 146 Å². The van der Waals surface area contributed by atoms with Crippen LogP contribution in [0.1, 0.15) is 54.8 Å². The van der Waals surface area contributed by atoms with E-state index >= 15 is 0 Å². The molecule has 0 saturated heterocycles. The van der Waals surface area contributed by atoms with E-state index in [0.29, 0.717) is 18.4 Å². The third kappa shape index (κ3) is 4.40. The second-order valence-corrected chi connectivity index (χ2v) is 6.92.